The number of nitrogens with one attached hydrogen (secondary N) is 4. The molecular weight excluding hydrogens is 618 g/mol. The molecule has 3 heterocycles. The van der Waals surface area contributed by atoms with Crippen molar-refractivity contribution in [3.8, 4) is 28.4 Å². The number of aliphatic hydroxyl groups excluding tert-OH is 1. The van der Waals surface area contributed by atoms with Crippen LogP contribution in [0, 0.1) is 5.82 Å². The summed E-state index contributed by atoms with van der Waals surface area (Å²) in [6.07, 6.45) is 3.61. The monoisotopic (exact) mass is 652 g/mol. The third kappa shape index (κ3) is 7.89. The highest BCUT2D eigenvalue weighted by molar-refractivity contribution is 6.39. The molecule has 0 bridgehead atoms. The number of carbonyl (C=O) groups excluding carboxylic acids is 1. The van der Waals surface area contributed by atoms with Crippen molar-refractivity contribution in [2.24, 2.45) is 0 Å². The summed E-state index contributed by atoms with van der Waals surface area (Å²) >= 11 is 13.8. The van der Waals surface area contributed by atoms with Crippen LogP contribution in [0.25, 0.3) is 22.5 Å². The molecule has 2 aromatic carbocycles. The van der Waals surface area contributed by atoms with Gasteiger partial charge in [0.25, 0.3) is 0 Å². The number of benzene rings is 2. The van der Waals surface area contributed by atoms with Gasteiger partial charge in [0.2, 0.25) is 11.8 Å². The number of aromatic nitrogens is 2. The zero-order valence-electron chi connectivity index (χ0n) is 24.8. The van der Waals surface area contributed by atoms with Crippen molar-refractivity contribution in [2.45, 2.75) is 38.4 Å². The molecule has 4 aromatic rings. The SMILES string of the molecule is COc1nc(-c2ccnc(-c3cccc(Nc4cccc(CNCCCO)c4F)c3Cl)c2Cl)ccc1CNC[C@H]1CCC(=O)N1. The lowest BCUT2D eigenvalue weighted by Crippen LogP contribution is -2.35. The first kappa shape index (κ1) is 32.6. The molecule has 0 spiro atoms. The Morgan fingerprint density at radius 1 is 1.00 bits per heavy atom. The van der Waals surface area contributed by atoms with Crippen LogP contribution in [0.2, 0.25) is 10.0 Å². The maximum Gasteiger partial charge on any atom is 0.220 e. The molecule has 0 saturated carbocycles. The number of ether oxygens (including phenoxy) is 1. The van der Waals surface area contributed by atoms with Crippen molar-refractivity contribution in [2.75, 3.05) is 32.1 Å². The van der Waals surface area contributed by atoms with Crippen LogP contribution >= 0.6 is 23.2 Å². The largest absolute Gasteiger partial charge is 0.481 e. The predicted molar refractivity (Wildman–Crippen MR) is 175 cm³/mol. The van der Waals surface area contributed by atoms with Crippen molar-refractivity contribution in [1.82, 2.24) is 25.9 Å². The van der Waals surface area contributed by atoms with E-state index in [0.29, 0.717) is 88.7 Å². The van der Waals surface area contributed by atoms with E-state index in [-0.39, 0.29) is 24.2 Å². The molecule has 0 unspecified atom stereocenters. The summed E-state index contributed by atoms with van der Waals surface area (Å²) < 4.78 is 20.9. The lowest BCUT2D eigenvalue weighted by molar-refractivity contribution is -0.119. The molecule has 1 aliphatic rings. The van der Waals surface area contributed by atoms with Gasteiger partial charge in [0, 0.05) is 67.2 Å². The van der Waals surface area contributed by atoms with E-state index in [1.807, 2.05) is 12.1 Å². The fourth-order valence-electron chi connectivity index (χ4n) is 5.17. The highest BCUT2D eigenvalue weighted by Gasteiger charge is 2.21. The molecule has 1 fully saturated rings. The van der Waals surface area contributed by atoms with Crippen LogP contribution in [0.3, 0.4) is 0 Å². The van der Waals surface area contributed by atoms with E-state index in [0.717, 1.165) is 12.0 Å². The van der Waals surface area contributed by atoms with Gasteiger partial charge in [-0.1, -0.05) is 53.5 Å². The molecule has 1 atom stereocenters. The van der Waals surface area contributed by atoms with Crippen molar-refractivity contribution in [3.05, 3.63) is 87.8 Å². The zero-order chi connectivity index (χ0) is 31.8. The molecule has 5 N–H and O–H groups in total. The molecule has 0 radical (unpaired) electrons. The van der Waals surface area contributed by atoms with Crippen molar-refractivity contribution < 1.29 is 19.0 Å². The van der Waals surface area contributed by atoms with Gasteiger partial charge in [-0.25, -0.2) is 9.37 Å². The lowest BCUT2D eigenvalue weighted by Gasteiger charge is -2.16. The van der Waals surface area contributed by atoms with Gasteiger partial charge in [0.15, 0.2) is 5.82 Å². The van der Waals surface area contributed by atoms with Gasteiger partial charge in [-0.05, 0) is 43.7 Å². The summed E-state index contributed by atoms with van der Waals surface area (Å²) in [5, 5.41) is 22.2. The van der Waals surface area contributed by atoms with Gasteiger partial charge in [-0.2, -0.15) is 0 Å². The highest BCUT2D eigenvalue weighted by atomic mass is 35.5. The summed E-state index contributed by atoms with van der Waals surface area (Å²) in [6.45, 7) is 2.17. The van der Waals surface area contributed by atoms with Crippen LogP contribution < -0.4 is 26.0 Å². The fraction of sp³-hybridized carbons (Fsp3) is 0.303. The van der Waals surface area contributed by atoms with Gasteiger partial charge >= 0.3 is 0 Å². The van der Waals surface area contributed by atoms with Gasteiger partial charge in [0.1, 0.15) is 0 Å². The number of carbonyl (C=O) groups is 1. The molecule has 9 nitrogen and oxygen atoms in total. The first-order valence-corrected chi connectivity index (χ1v) is 15.5. The highest BCUT2D eigenvalue weighted by Crippen LogP contribution is 2.41. The van der Waals surface area contributed by atoms with Crippen LogP contribution in [0.4, 0.5) is 15.8 Å². The number of rotatable bonds is 14. The second kappa shape index (κ2) is 15.5. The van der Waals surface area contributed by atoms with Crippen molar-refractivity contribution >= 4 is 40.5 Å². The second-order valence-corrected chi connectivity index (χ2v) is 11.4. The number of hydrogen-bond donors (Lipinski definition) is 5. The molecule has 236 valence electrons. The number of amides is 1. The lowest BCUT2D eigenvalue weighted by atomic mass is 10.0. The van der Waals surface area contributed by atoms with E-state index in [1.165, 1.54) is 0 Å². The maximum absolute atomic E-state index is 15.3. The quantitative estimate of drug-likeness (QED) is 0.108. The summed E-state index contributed by atoms with van der Waals surface area (Å²) in [7, 11) is 1.57. The predicted octanol–water partition coefficient (Wildman–Crippen LogP) is 5.85. The van der Waals surface area contributed by atoms with Crippen LogP contribution in [-0.4, -0.2) is 53.8 Å². The topological polar surface area (TPSA) is 120 Å². The summed E-state index contributed by atoms with van der Waals surface area (Å²) in [6, 6.07) is 16.2. The third-order valence-electron chi connectivity index (χ3n) is 7.52. The Morgan fingerprint density at radius 2 is 1.80 bits per heavy atom. The van der Waals surface area contributed by atoms with E-state index < -0.39 is 5.82 Å². The molecule has 12 heteroatoms. The first-order chi connectivity index (χ1) is 21.9. The second-order valence-electron chi connectivity index (χ2n) is 10.6. The maximum atomic E-state index is 15.3. The Hall–Kier alpha value is -3.80. The van der Waals surface area contributed by atoms with E-state index >= 15 is 4.39 Å². The van der Waals surface area contributed by atoms with E-state index in [2.05, 4.69) is 26.3 Å². The van der Waals surface area contributed by atoms with Gasteiger partial charge in [0.05, 0.1) is 39.9 Å². The zero-order valence-corrected chi connectivity index (χ0v) is 26.3. The molecular formula is C33H35Cl2FN6O3. The fourth-order valence-corrected chi connectivity index (χ4v) is 5.74. The molecule has 0 aliphatic carbocycles. The Bertz CT molecular complexity index is 1660. The van der Waals surface area contributed by atoms with E-state index in [4.69, 9.17) is 38.0 Å². The first-order valence-electron chi connectivity index (χ1n) is 14.7. The van der Waals surface area contributed by atoms with Gasteiger partial charge < -0.3 is 31.1 Å². The molecule has 1 amide bonds. The van der Waals surface area contributed by atoms with Crippen molar-refractivity contribution in [3.63, 3.8) is 0 Å². The summed E-state index contributed by atoms with van der Waals surface area (Å²) in [4.78, 5) is 20.7. The molecule has 2 aromatic heterocycles. The van der Waals surface area contributed by atoms with Gasteiger partial charge in [-0.3, -0.25) is 9.78 Å². The third-order valence-corrected chi connectivity index (χ3v) is 8.31. The Labute approximate surface area is 271 Å². The van der Waals surface area contributed by atoms with Crippen LogP contribution in [0.5, 0.6) is 5.88 Å². The number of pyridine rings is 2. The summed E-state index contributed by atoms with van der Waals surface area (Å²) in [5.74, 6) is 0.154. The molecule has 1 aliphatic heterocycles. The minimum Gasteiger partial charge on any atom is -0.481 e. The van der Waals surface area contributed by atoms with E-state index in [9.17, 15) is 4.79 Å². The number of aliphatic hydroxyl groups is 1. The van der Waals surface area contributed by atoms with Crippen LogP contribution in [0.15, 0.2) is 60.8 Å². The normalized spacial score (nSPS) is 14.4. The average molecular weight is 654 g/mol. The number of halogens is 3. The molecule has 5 rings (SSSR count). The standard InChI is InChI=1S/C33H35Cl2FN6O3/c1-45-33-21(18-38-19-22-10-12-28(44)40-22)9-11-25(42-33)23-13-15-39-32(30(23)35)24-6-3-7-26(29(24)34)41-27-8-2-5-20(31(27)36)17-37-14-4-16-43/h2-3,5-9,11,13,15,22,37-38,41,43H,4,10,12,14,16-19H2,1H3,(H,40,44)/t22-/m1/s1. The Kier molecular flexibility index (Phi) is 11.2. The van der Waals surface area contributed by atoms with E-state index in [1.54, 1.807) is 55.8 Å². The minimum atomic E-state index is -0.391. The van der Waals surface area contributed by atoms with Crippen LogP contribution in [0.1, 0.15) is 30.4 Å². The molecule has 1 saturated heterocycles. The van der Waals surface area contributed by atoms with Crippen molar-refractivity contribution in [1.29, 1.82) is 0 Å². The summed E-state index contributed by atoms with van der Waals surface area (Å²) in [5.41, 5.74) is 4.42. The Morgan fingerprint density at radius 3 is 2.58 bits per heavy atom. The van der Waals surface area contributed by atoms with Gasteiger partial charge in [-0.15, -0.1) is 0 Å². The smallest absolute Gasteiger partial charge is 0.220 e. The number of nitrogens with zero attached hydrogens (tertiary/aromatic N) is 2. The number of anilines is 2. The number of methoxy groups -OCH3 is 1. The number of hydrogen-bond acceptors (Lipinski definition) is 8. The van der Waals surface area contributed by atoms with Crippen LogP contribution in [-0.2, 0) is 17.9 Å². The minimum absolute atomic E-state index is 0.0759. The molecule has 45 heavy (non-hydrogen) atoms. The average Bonchev–Trinajstić information content (AvgIpc) is 3.47. The Balaban J connectivity index is 1.35.